The number of carbonyl (C=O) groups is 1. The fourth-order valence-electron chi connectivity index (χ4n) is 2.21. The van der Waals surface area contributed by atoms with Gasteiger partial charge < -0.3 is 20.3 Å². The first kappa shape index (κ1) is 14.4. The molecule has 1 aliphatic heterocycles. The number of hydrogen-bond donors (Lipinski definition) is 2. The van der Waals surface area contributed by atoms with Gasteiger partial charge in [-0.05, 0) is 30.2 Å². The van der Waals surface area contributed by atoms with Gasteiger partial charge >= 0.3 is 12.3 Å². The maximum Gasteiger partial charge on any atom is 0.573 e. The topological polar surface area (TPSA) is 81.8 Å². The SMILES string of the molecule is Nc1ccc(OC(F)(F)F)cc1C1(C(=O)O)CCOC1. The van der Waals surface area contributed by atoms with E-state index in [4.69, 9.17) is 10.5 Å². The van der Waals surface area contributed by atoms with Crippen LogP contribution in [0.25, 0.3) is 0 Å². The van der Waals surface area contributed by atoms with Gasteiger partial charge in [0.2, 0.25) is 0 Å². The molecule has 1 aliphatic rings. The number of nitrogen functional groups attached to an aromatic ring is 1. The van der Waals surface area contributed by atoms with Crippen LogP contribution in [0.15, 0.2) is 18.2 Å². The molecule has 0 spiro atoms. The number of carboxylic acid groups (broad SMARTS) is 1. The number of alkyl halides is 3. The predicted molar refractivity (Wildman–Crippen MR) is 62.3 cm³/mol. The van der Waals surface area contributed by atoms with E-state index in [2.05, 4.69) is 4.74 Å². The summed E-state index contributed by atoms with van der Waals surface area (Å²) >= 11 is 0. The van der Waals surface area contributed by atoms with Crippen molar-refractivity contribution in [3.05, 3.63) is 23.8 Å². The highest BCUT2D eigenvalue weighted by atomic mass is 19.4. The molecule has 0 bridgehead atoms. The van der Waals surface area contributed by atoms with Gasteiger partial charge in [-0.1, -0.05) is 0 Å². The summed E-state index contributed by atoms with van der Waals surface area (Å²) in [5, 5.41) is 9.37. The molecule has 0 aliphatic carbocycles. The maximum absolute atomic E-state index is 12.2. The lowest BCUT2D eigenvalue weighted by Gasteiger charge is -2.25. The summed E-state index contributed by atoms with van der Waals surface area (Å²) in [7, 11) is 0. The Bertz CT molecular complexity index is 524. The third-order valence-electron chi connectivity index (χ3n) is 3.20. The molecule has 1 unspecified atom stereocenters. The minimum Gasteiger partial charge on any atom is -0.481 e. The van der Waals surface area contributed by atoms with Gasteiger partial charge in [-0.15, -0.1) is 13.2 Å². The lowest BCUT2D eigenvalue weighted by Crippen LogP contribution is -2.37. The van der Waals surface area contributed by atoms with E-state index in [1.807, 2.05) is 0 Å². The van der Waals surface area contributed by atoms with Gasteiger partial charge in [0.25, 0.3) is 0 Å². The summed E-state index contributed by atoms with van der Waals surface area (Å²) in [5.41, 5.74) is 4.43. The number of anilines is 1. The van der Waals surface area contributed by atoms with Crippen molar-refractivity contribution in [1.29, 1.82) is 0 Å². The first-order chi connectivity index (χ1) is 9.24. The van der Waals surface area contributed by atoms with Gasteiger partial charge in [-0.2, -0.15) is 0 Å². The quantitative estimate of drug-likeness (QED) is 0.831. The van der Waals surface area contributed by atoms with Crippen LogP contribution < -0.4 is 10.5 Å². The van der Waals surface area contributed by atoms with E-state index in [1.165, 1.54) is 6.07 Å². The van der Waals surface area contributed by atoms with Crippen LogP contribution in [-0.2, 0) is 14.9 Å². The minimum atomic E-state index is -4.85. The number of nitrogens with two attached hydrogens (primary N) is 1. The zero-order valence-corrected chi connectivity index (χ0v) is 10.2. The summed E-state index contributed by atoms with van der Waals surface area (Å²) in [6.45, 7) is 0.0676. The fraction of sp³-hybridized carbons (Fsp3) is 0.417. The molecule has 1 saturated heterocycles. The molecule has 0 amide bonds. The second-order valence-corrected chi connectivity index (χ2v) is 4.49. The van der Waals surface area contributed by atoms with Gasteiger partial charge in [0.1, 0.15) is 11.2 Å². The van der Waals surface area contributed by atoms with Crippen LogP contribution in [0.3, 0.4) is 0 Å². The lowest BCUT2D eigenvalue weighted by atomic mass is 9.79. The molecule has 1 heterocycles. The lowest BCUT2D eigenvalue weighted by molar-refractivity contribution is -0.274. The number of ether oxygens (including phenoxy) is 2. The van der Waals surface area contributed by atoms with Crippen LogP contribution in [0.4, 0.5) is 18.9 Å². The van der Waals surface area contributed by atoms with E-state index in [0.29, 0.717) is 0 Å². The maximum atomic E-state index is 12.2. The first-order valence-electron chi connectivity index (χ1n) is 5.71. The van der Waals surface area contributed by atoms with Crippen LogP contribution in [0.1, 0.15) is 12.0 Å². The number of aliphatic carboxylic acids is 1. The highest BCUT2D eigenvalue weighted by Crippen LogP contribution is 2.39. The van der Waals surface area contributed by atoms with Crippen molar-refractivity contribution in [2.75, 3.05) is 18.9 Å². The third kappa shape index (κ3) is 2.64. The Hall–Kier alpha value is -1.96. The van der Waals surface area contributed by atoms with E-state index < -0.39 is 23.5 Å². The molecular formula is C12H12F3NO4. The molecule has 20 heavy (non-hydrogen) atoms. The standard InChI is InChI=1S/C12H12F3NO4/c13-12(14,15)20-7-1-2-9(16)8(5-7)11(10(17)18)3-4-19-6-11/h1-2,5H,3-4,6,16H2,(H,17,18). The number of halogens is 3. The summed E-state index contributed by atoms with van der Waals surface area (Å²) in [4.78, 5) is 11.5. The molecular weight excluding hydrogens is 279 g/mol. The van der Waals surface area contributed by atoms with E-state index in [0.717, 1.165) is 12.1 Å². The largest absolute Gasteiger partial charge is 0.573 e. The van der Waals surface area contributed by atoms with Gasteiger partial charge in [-0.25, -0.2) is 0 Å². The van der Waals surface area contributed by atoms with Gasteiger partial charge in [0.15, 0.2) is 0 Å². The number of rotatable bonds is 3. The Kier molecular flexibility index (Phi) is 3.51. The Labute approximate surface area is 112 Å². The van der Waals surface area contributed by atoms with Crippen molar-refractivity contribution in [2.45, 2.75) is 18.2 Å². The normalized spacial score (nSPS) is 22.8. The summed E-state index contributed by atoms with van der Waals surface area (Å²) in [5.74, 6) is -1.69. The van der Waals surface area contributed by atoms with Crippen molar-refractivity contribution in [3.8, 4) is 5.75 Å². The average Bonchev–Trinajstić information content (AvgIpc) is 2.80. The summed E-state index contributed by atoms with van der Waals surface area (Å²) in [6.07, 6.45) is -4.71. The Morgan fingerprint density at radius 1 is 1.45 bits per heavy atom. The molecule has 2 rings (SSSR count). The highest BCUT2D eigenvalue weighted by molar-refractivity contribution is 5.84. The second kappa shape index (κ2) is 4.86. The molecule has 0 radical (unpaired) electrons. The van der Waals surface area contributed by atoms with Gasteiger partial charge in [-0.3, -0.25) is 4.79 Å². The molecule has 8 heteroatoms. The van der Waals surface area contributed by atoms with Crippen molar-refractivity contribution < 1.29 is 32.5 Å². The van der Waals surface area contributed by atoms with Crippen molar-refractivity contribution in [1.82, 2.24) is 0 Å². The summed E-state index contributed by atoms with van der Waals surface area (Å²) in [6, 6.07) is 3.24. The van der Waals surface area contributed by atoms with Gasteiger partial charge in [0, 0.05) is 12.3 Å². The molecule has 5 nitrogen and oxygen atoms in total. The zero-order chi connectivity index (χ0) is 15.0. The smallest absolute Gasteiger partial charge is 0.481 e. The van der Waals surface area contributed by atoms with Crippen LogP contribution in [-0.4, -0.2) is 30.7 Å². The number of benzene rings is 1. The van der Waals surface area contributed by atoms with E-state index in [1.54, 1.807) is 0 Å². The average molecular weight is 291 g/mol. The van der Waals surface area contributed by atoms with E-state index in [9.17, 15) is 23.1 Å². The van der Waals surface area contributed by atoms with Crippen LogP contribution >= 0.6 is 0 Å². The van der Waals surface area contributed by atoms with Crippen molar-refractivity contribution in [3.63, 3.8) is 0 Å². The molecule has 1 fully saturated rings. The fourth-order valence-corrected chi connectivity index (χ4v) is 2.21. The molecule has 3 N–H and O–H groups in total. The third-order valence-corrected chi connectivity index (χ3v) is 3.20. The molecule has 1 aromatic carbocycles. The zero-order valence-electron chi connectivity index (χ0n) is 10.2. The Morgan fingerprint density at radius 3 is 2.65 bits per heavy atom. The van der Waals surface area contributed by atoms with E-state index >= 15 is 0 Å². The Morgan fingerprint density at radius 2 is 2.15 bits per heavy atom. The van der Waals surface area contributed by atoms with Gasteiger partial charge in [0.05, 0.1) is 6.61 Å². The van der Waals surface area contributed by atoms with E-state index in [-0.39, 0.29) is 30.9 Å². The number of hydrogen-bond acceptors (Lipinski definition) is 4. The molecule has 1 aromatic rings. The van der Waals surface area contributed by atoms with Crippen LogP contribution in [0.5, 0.6) is 5.75 Å². The van der Waals surface area contributed by atoms with Crippen LogP contribution in [0, 0.1) is 0 Å². The van der Waals surface area contributed by atoms with Crippen molar-refractivity contribution >= 4 is 11.7 Å². The molecule has 0 saturated carbocycles. The monoisotopic (exact) mass is 291 g/mol. The number of carboxylic acids is 1. The molecule has 1 atom stereocenters. The Balaban J connectivity index is 2.44. The van der Waals surface area contributed by atoms with Crippen LogP contribution in [0.2, 0.25) is 0 Å². The minimum absolute atomic E-state index is 0.0734. The molecule has 0 aromatic heterocycles. The second-order valence-electron chi connectivity index (χ2n) is 4.49. The first-order valence-corrected chi connectivity index (χ1v) is 5.71. The highest BCUT2D eigenvalue weighted by Gasteiger charge is 2.46. The van der Waals surface area contributed by atoms with Crippen molar-refractivity contribution in [2.24, 2.45) is 0 Å². The predicted octanol–water partition coefficient (Wildman–Crippen LogP) is 1.91. The summed E-state index contributed by atoms with van der Waals surface area (Å²) < 4.78 is 45.5. The molecule has 110 valence electrons.